The van der Waals surface area contributed by atoms with Crippen molar-refractivity contribution in [2.24, 2.45) is 16.6 Å². The van der Waals surface area contributed by atoms with E-state index in [2.05, 4.69) is 4.99 Å². The lowest BCUT2D eigenvalue weighted by molar-refractivity contribution is 0.00301. The summed E-state index contributed by atoms with van der Waals surface area (Å²) in [5, 5.41) is 0.879. The first-order chi connectivity index (χ1) is 9.12. The van der Waals surface area contributed by atoms with Crippen molar-refractivity contribution < 1.29 is 9.13 Å². The van der Waals surface area contributed by atoms with Gasteiger partial charge in [-0.05, 0) is 18.6 Å². The van der Waals surface area contributed by atoms with Crippen molar-refractivity contribution in [2.75, 3.05) is 19.0 Å². The Morgan fingerprint density at radius 2 is 2.37 bits per heavy atom. The molecule has 19 heavy (non-hydrogen) atoms. The number of fused-ring (bicyclic) bond motifs is 1. The first kappa shape index (κ1) is 13.2. The van der Waals surface area contributed by atoms with Gasteiger partial charge in [0.15, 0.2) is 5.17 Å². The molecule has 0 radical (unpaired) electrons. The summed E-state index contributed by atoms with van der Waals surface area (Å²) < 4.78 is 19.8. The summed E-state index contributed by atoms with van der Waals surface area (Å²) in [6.45, 7) is 1.06. The summed E-state index contributed by atoms with van der Waals surface area (Å²) in [6.07, 6.45) is 0.867. The zero-order valence-corrected chi connectivity index (χ0v) is 11.8. The number of thioether (sulfide) groups is 1. The molecule has 1 aromatic carbocycles. The molecule has 0 amide bonds. The lowest BCUT2D eigenvalue weighted by Crippen LogP contribution is -2.48. The maximum Gasteiger partial charge on any atom is 0.154 e. The Hall–Kier alpha value is -0.780. The second-order valence-electron chi connectivity index (χ2n) is 4.85. The molecule has 2 aliphatic rings. The standard InChI is InChI=1S/C13H14ClFN2OS/c14-9-1-2-10(11(15)5-9)13-7-18-4-3-8(13)6-19-12(16)17-13/h1-2,5,8H,3-4,6-7H2,(H2,16,17)/t8-,13-/m0/s1. The lowest BCUT2D eigenvalue weighted by atomic mass is 9.76. The third-order valence-corrected chi connectivity index (χ3v) is 4.94. The molecular formula is C13H14ClFN2OS. The van der Waals surface area contributed by atoms with E-state index in [1.165, 1.54) is 17.8 Å². The molecule has 1 saturated heterocycles. The highest BCUT2D eigenvalue weighted by Crippen LogP contribution is 2.45. The first-order valence-corrected chi connectivity index (χ1v) is 7.49. The summed E-state index contributed by atoms with van der Waals surface area (Å²) in [7, 11) is 0. The molecule has 3 rings (SSSR count). The van der Waals surface area contributed by atoms with Gasteiger partial charge in [-0.25, -0.2) is 9.38 Å². The average Bonchev–Trinajstić information content (AvgIpc) is 2.38. The van der Waals surface area contributed by atoms with E-state index in [4.69, 9.17) is 22.1 Å². The SMILES string of the molecule is NC1=N[C@@]2(c3ccc(Cl)cc3F)COCC[C@H]2CS1. The van der Waals surface area contributed by atoms with Crippen molar-refractivity contribution in [1.29, 1.82) is 0 Å². The van der Waals surface area contributed by atoms with Crippen LogP contribution < -0.4 is 5.73 Å². The predicted octanol–water partition coefficient (Wildman–Crippen LogP) is 2.77. The highest BCUT2D eigenvalue weighted by molar-refractivity contribution is 8.13. The van der Waals surface area contributed by atoms with Gasteiger partial charge in [-0.1, -0.05) is 29.4 Å². The molecule has 102 valence electrons. The molecule has 0 saturated carbocycles. The molecule has 0 bridgehead atoms. The molecular weight excluding hydrogens is 287 g/mol. The first-order valence-electron chi connectivity index (χ1n) is 6.13. The molecule has 0 aromatic heterocycles. The normalized spacial score (nSPS) is 30.6. The molecule has 2 N–H and O–H groups in total. The topological polar surface area (TPSA) is 47.6 Å². The third kappa shape index (κ3) is 2.24. The van der Waals surface area contributed by atoms with Gasteiger partial charge in [0, 0.05) is 28.9 Å². The average molecular weight is 301 g/mol. The fourth-order valence-corrected chi connectivity index (χ4v) is 3.97. The fraction of sp³-hybridized carbons (Fsp3) is 0.462. The smallest absolute Gasteiger partial charge is 0.154 e. The van der Waals surface area contributed by atoms with Crippen molar-refractivity contribution in [3.8, 4) is 0 Å². The number of nitrogens with two attached hydrogens (primary N) is 1. The van der Waals surface area contributed by atoms with Crippen molar-refractivity contribution in [3.05, 3.63) is 34.6 Å². The van der Waals surface area contributed by atoms with Gasteiger partial charge in [-0.3, -0.25) is 0 Å². The van der Waals surface area contributed by atoms with Crippen LogP contribution in [-0.2, 0) is 10.3 Å². The van der Waals surface area contributed by atoms with E-state index in [0.29, 0.717) is 29.0 Å². The van der Waals surface area contributed by atoms with Crippen LogP contribution in [0.3, 0.4) is 0 Å². The van der Waals surface area contributed by atoms with Crippen molar-refractivity contribution in [1.82, 2.24) is 0 Å². The minimum Gasteiger partial charge on any atom is -0.379 e. The minimum atomic E-state index is -0.692. The summed E-state index contributed by atoms with van der Waals surface area (Å²) in [6, 6.07) is 4.71. The van der Waals surface area contributed by atoms with Gasteiger partial charge >= 0.3 is 0 Å². The molecule has 6 heteroatoms. The lowest BCUT2D eigenvalue weighted by Gasteiger charge is -2.43. The monoisotopic (exact) mass is 300 g/mol. The highest BCUT2D eigenvalue weighted by atomic mass is 35.5. The van der Waals surface area contributed by atoms with Crippen LogP contribution in [0.2, 0.25) is 5.02 Å². The van der Waals surface area contributed by atoms with E-state index in [-0.39, 0.29) is 11.7 Å². The highest BCUT2D eigenvalue weighted by Gasteiger charge is 2.47. The number of nitrogens with zero attached hydrogens (tertiary/aromatic N) is 1. The quantitative estimate of drug-likeness (QED) is 0.867. The van der Waals surface area contributed by atoms with Crippen molar-refractivity contribution in [3.63, 3.8) is 0 Å². The summed E-state index contributed by atoms with van der Waals surface area (Å²) >= 11 is 7.35. The number of amidine groups is 1. The van der Waals surface area contributed by atoms with Crippen LogP contribution in [0.5, 0.6) is 0 Å². The Balaban J connectivity index is 2.13. The molecule has 0 aliphatic carbocycles. The fourth-order valence-electron chi connectivity index (χ4n) is 2.77. The van der Waals surface area contributed by atoms with E-state index in [1.807, 2.05) is 0 Å². The van der Waals surface area contributed by atoms with Crippen LogP contribution in [0.25, 0.3) is 0 Å². The van der Waals surface area contributed by atoms with Crippen LogP contribution in [0.15, 0.2) is 23.2 Å². The molecule has 0 unspecified atom stereocenters. The zero-order valence-electron chi connectivity index (χ0n) is 10.2. The van der Waals surface area contributed by atoms with Crippen LogP contribution in [-0.4, -0.2) is 24.1 Å². The molecule has 0 spiro atoms. The van der Waals surface area contributed by atoms with Crippen LogP contribution in [0.4, 0.5) is 4.39 Å². The van der Waals surface area contributed by atoms with Gasteiger partial charge < -0.3 is 10.5 Å². The summed E-state index contributed by atoms with van der Waals surface area (Å²) in [5.41, 5.74) is 5.69. The predicted molar refractivity (Wildman–Crippen MR) is 76.1 cm³/mol. The van der Waals surface area contributed by atoms with E-state index in [1.54, 1.807) is 12.1 Å². The van der Waals surface area contributed by atoms with Crippen LogP contribution in [0, 0.1) is 11.7 Å². The molecule has 1 aromatic rings. The summed E-state index contributed by atoms with van der Waals surface area (Å²) in [5.74, 6) is 0.751. The van der Waals surface area contributed by atoms with Gasteiger partial charge in [0.1, 0.15) is 11.4 Å². The molecule has 2 atom stereocenters. The maximum absolute atomic E-state index is 14.3. The number of benzene rings is 1. The Bertz CT molecular complexity index is 539. The molecule has 2 heterocycles. The molecule has 1 fully saturated rings. The Morgan fingerprint density at radius 1 is 1.53 bits per heavy atom. The van der Waals surface area contributed by atoms with Crippen molar-refractivity contribution >= 4 is 28.5 Å². The zero-order chi connectivity index (χ0) is 13.5. The van der Waals surface area contributed by atoms with E-state index < -0.39 is 5.54 Å². The Morgan fingerprint density at radius 3 is 3.16 bits per heavy atom. The second kappa shape index (κ2) is 4.96. The number of rotatable bonds is 1. The van der Waals surface area contributed by atoms with Crippen LogP contribution >= 0.6 is 23.4 Å². The Labute approximate surface area is 120 Å². The van der Waals surface area contributed by atoms with Crippen LogP contribution in [0.1, 0.15) is 12.0 Å². The maximum atomic E-state index is 14.3. The van der Waals surface area contributed by atoms with Crippen molar-refractivity contribution in [2.45, 2.75) is 12.0 Å². The number of hydrogen-bond donors (Lipinski definition) is 1. The number of hydrogen-bond acceptors (Lipinski definition) is 4. The Kier molecular flexibility index (Phi) is 3.45. The number of aliphatic imine (C=N–C) groups is 1. The minimum absolute atomic E-state index is 0.245. The van der Waals surface area contributed by atoms with Gasteiger partial charge in [-0.2, -0.15) is 0 Å². The van der Waals surface area contributed by atoms with Gasteiger partial charge in [-0.15, -0.1) is 0 Å². The summed E-state index contributed by atoms with van der Waals surface area (Å²) in [4.78, 5) is 4.55. The van der Waals surface area contributed by atoms with E-state index >= 15 is 0 Å². The molecule has 2 aliphatic heterocycles. The largest absolute Gasteiger partial charge is 0.379 e. The molecule has 3 nitrogen and oxygen atoms in total. The van der Waals surface area contributed by atoms with E-state index in [0.717, 1.165) is 12.2 Å². The van der Waals surface area contributed by atoms with E-state index in [9.17, 15) is 4.39 Å². The number of ether oxygens (including phenoxy) is 1. The van der Waals surface area contributed by atoms with Gasteiger partial charge in [0.05, 0.1) is 6.61 Å². The van der Waals surface area contributed by atoms with Gasteiger partial charge in [0.2, 0.25) is 0 Å². The third-order valence-electron chi connectivity index (χ3n) is 3.75. The van der Waals surface area contributed by atoms with Gasteiger partial charge in [0.25, 0.3) is 0 Å². The number of halogens is 2. The second-order valence-corrected chi connectivity index (χ2v) is 6.32.